The van der Waals surface area contributed by atoms with E-state index >= 15 is 0 Å². The van der Waals surface area contributed by atoms with Crippen LogP contribution in [0.2, 0.25) is 0 Å². The second kappa shape index (κ2) is 8.96. The third-order valence-electron chi connectivity index (χ3n) is 4.38. The molecule has 0 spiro atoms. The molecule has 5 nitrogen and oxygen atoms in total. The van der Waals surface area contributed by atoms with Crippen molar-refractivity contribution in [2.24, 2.45) is 0 Å². The lowest BCUT2D eigenvalue weighted by Gasteiger charge is -2.22. The molecule has 2 atom stereocenters. The zero-order valence-corrected chi connectivity index (χ0v) is 17.0. The maximum absolute atomic E-state index is 12.6. The van der Waals surface area contributed by atoms with E-state index in [4.69, 9.17) is 4.74 Å². The smallest absolute Gasteiger partial charge is 0.282 e. The average molecular weight is 420 g/mol. The minimum absolute atomic E-state index is 0.0290. The number of halogens is 1. The molecule has 0 saturated carbocycles. The van der Waals surface area contributed by atoms with Gasteiger partial charge in [0, 0.05) is 21.3 Å². The number of ketones is 1. The predicted octanol–water partition coefficient (Wildman–Crippen LogP) is 2.70. The first-order valence-electron chi connectivity index (χ1n) is 8.38. The van der Waals surface area contributed by atoms with Crippen molar-refractivity contribution in [1.82, 2.24) is 0 Å². The molecule has 0 heterocycles. The summed E-state index contributed by atoms with van der Waals surface area (Å²) in [4.78, 5) is 25.1. The lowest BCUT2D eigenvalue weighted by Crippen LogP contribution is -3.12. The molecule has 2 N–H and O–H groups in total. The van der Waals surface area contributed by atoms with Gasteiger partial charge in [0.15, 0.2) is 11.8 Å². The number of quaternary nitrogens is 1. The van der Waals surface area contributed by atoms with E-state index in [-0.39, 0.29) is 17.7 Å². The Labute approximate surface area is 162 Å². The average Bonchev–Trinajstić information content (AvgIpc) is 2.61. The van der Waals surface area contributed by atoms with Crippen molar-refractivity contribution < 1.29 is 19.2 Å². The van der Waals surface area contributed by atoms with Crippen LogP contribution in [0, 0.1) is 0 Å². The molecule has 0 aliphatic carbocycles. The molecular formula is C20H24BrN2O3+. The third kappa shape index (κ3) is 5.16. The van der Waals surface area contributed by atoms with Crippen molar-refractivity contribution in [2.45, 2.75) is 26.4 Å². The molecule has 0 fully saturated rings. The standard InChI is InChI=1S/C20H23BrN2O3/c1-13(20(25)22-18-7-5-6-15(11-18)14(2)24)23(3)12-16-10-17(21)8-9-19(16)26-4/h5-11,13H,12H2,1-4H3,(H,22,25)/p+1/t13-/m0/s1. The number of rotatable bonds is 7. The molecule has 0 bridgehead atoms. The minimum Gasteiger partial charge on any atom is -0.496 e. The topological polar surface area (TPSA) is 59.8 Å². The quantitative estimate of drug-likeness (QED) is 0.678. The number of nitrogens with one attached hydrogen (secondary N) is 2. The predicted molar refractivity (Wildman–Crippen MR) is 106 cm³/mol. The molecule has 2 aromatic carbocycles. The van der Waals surface area contributed by atoms with E-state index in [1.807, 2.05) is 32.2 Å². The minimum atomic E-state index is -0.278. The first-order valence-corrected chi connectivity index (χ1v) is 9.17. The van der Waals surface area contributed by atoms with Gasteiger partial charge >= 0.3 is 0 Å². The highest BCUT2D eigenvalue weighted by Crippen LogP contribution is 2.22. The van der Waals surface area contributed by atoms with Crippen LogP contribution in [0.15, 0.2) is 46.9 Å². The Balaban J connectivity index is 2.07. The highest BCUT2D eigenvalue weighted by Gasteiger charge is 2.23. The number of ether oxygens (including phenoxy) is 1. The fourth-order valence-electron chi connectivity index (χ4n) is 2.63. The number of hydrogen-bond donors (Lipinski definition) is 2. The number of methoxy groups -OCH3 is 1. The zero-order chi connectivity index (χ0) is 19.3. The van der Waals surface area contributed by atoms with Gasteiger partial charge < -0.3 is 15.0 Å². The van der Waals surface area contributed by atoms with Gasteiger partial charge in [0.2, 0.25) is 0 Å². The van der Waals surface area contributed by atoms with Crippen LogP contribution in [0.5, 0.6) is 5.75 Å². The van der Waals surface area contributed by atoms with Crippen molar-refractivity contribution >= 4 is 33.3 Å². The number of carbonyl (C=O) groups excluding carboxylic acids is 2. The van der Waals surface area contributed by atoms with Gasteiger partial charge in [-0.15, -0.1) is 0 Å². The second-order valence-corrected chi connectivity index (χ2v) is 7.24. The first-order chi connectivity index (χ1) is 12.3. The molecule has 0 aromatic heterocycles. The zero-order valence-electron chi connectivity index (χ0n) is 15.4. The molecule has 2 aromatic rings. The number of benzene rings is 2. The monoisotopic (exact) mass is 419 g/mol. The Bertz CT molecular complexity index is 807. The summed E-state index contributed by atoms with van der Waals surface area (Å²) in [6.07, 6.45) is 0. The fraction of sp³-hybridized carbons (Fsp3) is 0.300. The molecule has 2 rings (SSSR count). The van der Waals surface area contributed by atoms with Crippen LogP contribution >= 0.6 is 15.9 Å². The van der Waals surface area contributed by atoms with E-state index in [1.165, 1.54) is 6.92 Å². The molecule has 26 heavy (non-hydrogen) atoms. The summed E-state index contributed by atoms with van der Waals surface area (Å²) in [6.45, 7) is 4.03. The van der Waals surface area contributed by atoms with Gasteiger partial charge in [0.05, 0.1) is 14.2 Å². The van der Waals surface area contributed by atoms with E-state index < -0.39 is 0 Å². The lowest BCUT2D eigenvalue weighted by atomic mass is 10.1. The number of amides is 1. The Morgan fingerprint density at radius 1 is 1.23 bits per heavy atom. The highest BCUT2D eigenvalue weighted by atomic mass is 79.9. The van der Waals surface area contributed by atoms with Gasteiger partial charge in [-0.05, 0) is 44.2 Å². The largest absolute Gasteiger partial charge is 0.496 e. The van der Waals surface area contributed by atoms with Crippen molar-refractivity contribution in [1.29, 1.82) is 0 Å². The number of hydrogen-bond acceptors (Lipinski definition) is 3. The maximum Gasteiger partial charge on any atom is 0.282 e. The molecule has 0 radical (unpaired) electrons. The van der Waals surface area contributed by atoms with Gasteiger partial charge in [0.25, 0.3) is 5.91 Å². The number of carbonyl (C=O) groups is 2. The number of likely N-dealkylation sites (N-methyl/N-ethyl adjacent to an activating group) is 1. The van der Waals surface area contributed by atoms with Crippen LogP contribution in [0.3, 0.4) is 0 Å². The van der Waals surface area contributed by atoms with E-state index in [2.05, 4.69) is 21.2 Å². The van der Waals surface area contributed by atoms with Crippen molar-refractivity contribution in [3.63, 3.8) is 0 Å². The van der Waals surface area contributed by atoms with Crippen molar-refractivity contribution in [2.75, 3.05) is 19.5 Å². The fourth-order valence-corrected chi connectivity index (χ4v) is 3.04. The highest BCUT2D eigenvalue weighted by molar-refractivity contribution is 9.10. The van der Waals surface area contributed by atoms with Crippen LogP contribution in [0.1, 0.15) is 29.8 Å². The SMILES string of the molecule is COc1ccc(Br)cc1C[NH+](C)[C@@H](C)C(=O)Nc1cccc(C(C)=O)c1. The number of anilines is 1. The van der Waals surface area contributed by atoms with Crippen LogP contribution < -0.4 is 15.0 Å². The summed E-state index contributed by atoms with van der Waals surface area (Å²) < 4.78 is 6.38. The Morgan fingerprint density at radius 2 is 1.96 bits per heavy atom. The van der Waals surface area contributed by atoms with Gasteiger partial charge in [-0.2, -0.15) is 0 Å². The summed E-state index contributed by atoms with van der Waals surface area (Å²) in [5, 5.41) is 2.89. The molecule has 6 heteroatoms. The normalized spacial score (nSPS) is 13.0. The summed E-state index contributed by atoms with van der Waals surface area (Å²) in [5.41, 5.74) is 2.23. The van der Waals surface area contributed by atoms with Crippen molar-refractivity contribution in [3.05, 3.63) is 58.1 Å². The van der Waals surface area contributed by atoms with E-state index in [0.717, 1.165) is 20.7 Å². The second-order valence-electron chi connectivity index (χ2n) is 6.33. The molecule has 0 saturated heterocycles. The molecular weight excluding hydrogens is 396 g/mol. The lowest BCUT2D eigenvalue weighted by molar-refractivity contribution is -0.907. The van der Waals surface area contributed by atoms with Gasteiger partial charge in [-0.3, -0.25) is 9.59 Å². The molecule has 1 amide bonds. The Hall–Kier alpha value is -2.18. The van der Waals surface area contributed by atoms with E-state index in [1.54, 1.807) is 31.4 Å². The van der Waals surface area contributed by atoms with Crippen molar-refractivity contribution in [3.8, 4) is 5.75 Å². The molecule has 0 aliphatic heterocycles. The first kappa shape index (κ1) is 20.1. The summed E-state index contributed by atoms with van der Waals surface area (Å²) in [7, 11) is 3.61. The Morgan fingerprint density at radius 3 is 2.62 bits per heavy atom. The summed E-state index contributed by atoms with van der Waals surface area (Å²) in [6, 6.07) is 12.5. The van der Waals surface area contributed by atoms with Gasteiger partial charge in [0.1, 0.15) is 12.3 Å². The maximum atomic E-state index is 12.6. The number of Topliss-reactive ketones (excluding diaryl/α,β-unsaturated/α-hetero) is 1. The summed E-state index contributed by atoms with van der Waals surface area (Å²) >= 11 is 3.47. The van der Waals surface area contributed by atoms with Crippen LogP contribution in [0.4, 0.5) is 5.69 Å². The van der Waals surface area contributed by atoms with E-state index in [0.29, 0.717) is 17.8 Å². The van der Waals surface area contributed by atoms with Gasteiger partial charge in [-0.1, -0.05) is 28.1 Å². The van der Waals surface area contributed by atoms with Crippen LogP contribution in [-0.2, 0) is 11.3 Å². The van der Waals surface area contributed by atoms with Crippen LogP contribution in [-0.4, -0.2) is 31.9 Å². The third-order valence-corrected chi connectivity index (χ3v) is 4.87. The Kier molecular flexibility index (Phi) is 6.94. The van der Waals surface area contributed by atoms with Gasteiger partial charge in [-0.25, -0.2) is 0 Å². The summed E-state index contributed by atoms with van der Waals surface area (Å²) in [5.74, 6) is 0.671. The van der Waals surface area contributed by atoms with E-state index in [9.17, 15) is 9.59 Å². The molecule has 138 valence electrons. The molecule has 1 unspecified atom stereocenters. The van der Waals surface area contributed by atoms with Crippen LogP contribution in [0.25, 0.3) is 0 Å². The molecule has 0 aliphatic rings.